The maximum Gasteiger partial charge on any atom is 0.272 e. The van der Waals surface area contributed by atoms with Gasteiger partial charge < -0.3 is 11.1 Å². The molecule has 1 aromatic heterocycles. The van der Waals surface area contributed by atoms with Crippen LogP contribution in [0.15, 0.2) is 0 Å². The lowest BCUT2D eigenvalue weighted by atomic mass is 9.92. The van der Waals surface area contributed by atoms with Gasteiger partial charge in [-0.3, -0.25) is 9.89 Å². The lowest BCUT2D eigenvalue weighted by Crippen LogP contribution is -2.53. The summed E-state index contributed by atoms with van der Waals surface area (Å²) in [6.45, 7) is 4.55. The highest BCUT2D eigenvalue weighted by Crippen LogP contribution is 2.23. The number of carbonyl (C=O) groups excluding carboxylic acids is 1. The molecule has 0 spiro atoms. The number of nitrogens with zero attached hydrogens (tertiary/aromatic N) is 1. The topological polar surface area (TPSA) is 83.8 Å². The van der Waals surface area contributed by atoms with E-state index in [4.69, 9.17) is 5.73 Å². The SMILES string of the molecule is CCC(CC)(CN)NC(=O)c1n[nH]c2c1CCC2. The fraction of sp³-hybridized carbons (Fsp3) is 0.692. The van der Waals surface area contributed by atoms with Gasteiger partial charge in [0.15, 0.2) is 5.69 Å². The molecule has 5 nitrogen and oxygen atoms in total. The first-order valence-electron chi connectivity index (χ1n) is 6.74. The van der Waals surface area contributed by atoms with E-state index in [0.717, 1.165) is 43.4 Å². The highest BCUT2D eigenvalue weighted by atomic mass is 16.2. The Hall–Kier alpha value is -1.36. The van der Waals surface area contributed by atoms with Crippen molar-refractivity contribution in [2.45, 2.75) is 51.5 Å². The second kappa shape index (κ2) is 5.10. The van der Waals surface area contributed by atoms with E-state index >= 15 is 0 Å². The molecule has 0 radical (unpaired) electrons. The zero-order valence-corrected chi connectivity index (χ0v) is 11.2. The van der Waals surface area contributed by atoms with Crippen LogP contribution in [-0.2, 0) is 12.8 Å². The summed E-state index contributed by atoms with van der Waals surface area (Å²) in [5.74, 6) is -0.0939. The molecular weight excluding hydrogens is 228 g/mol. The van der Waals surface area contributed by atoms with Gasteiger partial charge in [-0.05, 0) is 32.1 Å². The van der Waals surface area contributed by atoms with Crippen molar-refractivity contribution in [3.8, 4) is 0 Å². The third-order valence-corrected chi connectivity index (χ3v) is 4.14. The Morgan fingerprint density at radius 3 is 2.78 bits per heavy atom. The molecule has 0 fully saturated rings. The number of rotatable bonds is 5. The third-order valence-electron chi connectivity index (χ3n) is 4.14. The van der Waals surface area contributed by atoms with E-state index in [-0.39, 0.29) is 11.4 Å². The molecule has 18 heavy (non-hydrogen) atoms. The van der Waals surface area contributed by atoms with Crippen molar-refractivity contribution in [3.05, 3.63) is 17.0 Å². The minimum atomic E-state index is -0.304. The summed E-state index contributed by atoms with van der Waals surface area (Å²) < 4.78 is 0. The first kappa shape index (κ1) is 13.1. The van der Waals surface area contributed by atoms with E-state index in [0.29, 0.717) is 12.2 Å². The molecule has 0 aliphatic heterocycles. The number of aromatic amines is 1. The van der Waals surface area contributed by atoms with Crippen LogP contribution in [-0.4, -0.2) is 28.2 Å². The molecule has 5 heteroatoms. The van der Waals surface area contributed by atoms with Crippen LogP contribution in [0.2, 0.25) is 0 Å². The molecule has 1 heterocycles. The number of amides is 1. The molecule has 0 atom stereocenters. The lowest BCUT2D eigenvalue weighted by molar-refractivity contribution is 0.0889. The number of aryl methyl sites for hydroxylation is 1. The highest BCUT2D eigenvalue weighted by molar-refractivity contribution is 5.94. The Morgan fingerprint density at radius 1 is 1.44 bits per heavy atom. The van der Waals surface area contributed by atoms with Crippen molar-refractivity contribution in [1.29, 1.82) is 0 Å². The van der Waals surface area contributed by atoms with Crippen LogP contribution in [0, 0.1) is 0 Å². The summed E-state index contributed by atoms with van der Waals surface area (Å²) in [5, 5.41) is 10.2. The van der Waals surface area contributed by atoms with E-state index in [2.05, 4.69) is 15.5 Å². The maximum absolute atomic E-state index is 12.3. The molecule has 100 valence electrons. The van der Waals surface area contributed by atoms with Gasteiger partial charge in [0.2, 0.25) is 0 Å². The average molecular weight is 250 g/mol. The molecule has 2 rings (SSSR count). The molecule has 1 aromatic rings. The van der Waals surface area contributed by atoms with Gasteiger partial charge in [-0.25, -0.2) is 0 Å². The zero-order valence-electron chi connectivity index (χ0n) is 11.2. The summed E-state index contributed by atoms with van der Waals surface area (Å²) in [5.41, 5.74) is 8.26. The van der Waals surface area contributed by atoms with Crippen LogP contribution in [0.4, 0.5) is 0 Å². The second-order valence-corrected chi connectivity index (χ2v) is 5.03. The van der Waals surface area contributed by atoms with Gasteiger partial charge in [0, 0.05) is 17.8 Å². The van der Waals surface area contributed by atoms with Crippen molar-refractivity contribution < 1.29 is 4.79 Å². The molecule has 0 saturated carbocycles. The molecule has 0 aromatic carbocycles. The lowest BCUT2D eigenvalue weighted by Gasteiger charge is -2.31. The molecule has 0 bridgehead atoms. The van der Waals surface area contributed by atoms with Gasteiger partial charge in [-0.1, -0.05) is 13.8 Å². The number of nitrogens with one attached hydrogen (secondary N) is 2. The minimum Gasteiger partial charge on any atom is -0.344 e. The van der Waals surface area contributed by atoms with E-state index in [9.17, 15) is 4.79 Å². The Morgan fingerprint density at radius 2 is 2.17 bits per heavy atom. The van der Waals surface area contributed by atoms with Gasteiger partial charge in [0.1, 0.15) is 0 Å². The Balaban J connectivity index is 2.16. The summed E-state index contributed by atoms with van der Waals surface area (Å²) in [7, 11) is 0. The van der Waals surface area contributed by atoms with E-state index in [1.165, 1.54) is 0 Å². The van der Waals surface area contributed by atoms with E-state index < -0.39 is 0 Å². The minimum absolute atomic E-state index is 0.0939. The van der Waals surface area contributed by atoms with Crippen LogP contribution in [0.3, 0.4) is 0 Å². The van der Waals surface area contributed by atoms with Crippen LogP contribution in [0.5, 0.6) is 0 Å². The molecular formula is C13H22N4O. The molecule has 1 aliphatic rings. The molecule has 0 saturated heterocycles. The number of H-pyrrole nitrogens is 1. The molecule has 4 N–H and O–H groups in total. The van der Waals surface area contributed by atoms with Gasteiger partial charge in [-0.15, -0.1) is 0 Å². The van der Waals surface area contributed by atoms with Crippen LogP contribution >= 0.6 is 0 Å². The average Bonchev–Trinajstić information content (AvgIpc) is 2.98. The van der Waals surface area contributed by atoms with Crippen molar-refractivity contribution in [3.63, 3.8) is 0 Å². The maximum atomic E-state index is 12.3. The first-order chi connectivity index (χ1) is 8.65. The summed E-state index contributed by atoms with van der Waals surface area (Å²) in [6, 6.07) is 0. The zero-order chi connectivity index (χ0) is 13.2. The van der Waals surface area contributed by atoms with Gasteiger partial charge >= 0.3 is 0 Å². The highest BCUT2D eigenvalue weighted by Gasteiger charge is 2.30. The fourth-order valence-electron chi connectivity index (χ4n) is 2.57. The Labute approximate surface area is 108 Å². The van der Waals surface area contributed by atoms with E-state index in [1.54, 1.807) is 0 Å². The van der Waals surface area contributed by atoms with Crippen LogP contribution < -0.4 is 11.1 Å². The van der Waals surface area contributed by atoms with Gasteiger partial charge in [0.05, 0.1) is 5.54 Å². The van der Waals surface area contributed by atoms with Crippen molar-refractivity contribution in [2.24, 2.45) is 5.73 Å². The number of carbonyl (C=O) groups is 1. The Kier molecular flexibility index (Phi) is 3.71. The number of fused-ring (bicyclic) bond motifs is 1. The van der Waals surface area contributed by atoms with Crippen molar-refractivity contribution in [2.75, 3.05) is 6.54 Å². The molecule has 1 aliphatic carbocycles. The predicted octanol–water partition coefficient (Wildman–Crippen LogP) is 1.15. The van der Waals surface area contributed by atoms with Crippen LogP contribution in [0.25, 0.3) is 0 Å². The van der Waals surface area contributed by atoms with Crippen molar-refractivity contribution in [1.82, 2.24) is 15.5 Å². The largest absolute Gasteiger partial charge is 0.344 e. The van der Waals surface area contributed by atoms with Gasteiger partial charge in [0.25, 0.3) is 5.91 Å². The smallest absolute Gasteiger partial charge is 0.272 e. The molecule has 0 unspecified atom stereocenters. The summed E-state index contributed by atoms with van der Waals surface area (Å²) in [6.07, 6.45) is 4.71. The normalized spacial score (nSPS) is 14.6. The summed E-state index contributed by atoms with van der Waals surface area (Å²) >= 11 is 0. The van der Waals surface area contributed by atoms with Crippen molar-refractivity contribution >= 4 is 5.91 Å². The third kappa shape index (κ3) is 2.14. The monoisotopic (exact) mass is 250 g/mol. The predicted molar refractivity (Wildman–Crippen MR) is 70.4 cm³/mol. The second-order valence-electron chi connectivity index (χ2n) is 5.03. The van der Waals surface area contributed by atoms with Gasteiger partial charge in [-0.2, -0.15) is 5.10 Å². The number of hydrogen-bond acceptors (Lipinski definition) is 3. The Bertz CT molecular complexity index is 426. The quantitative estimate of drug-likeness (QED) is 0.733. The number of aromatic nitrogens is 2. The standard InChI is InChI=1S/C13H22N4O/c1-3-13(4-2,8-14)15-12(18)11-9-6-5-7-10(9)16-17-11/h3-8,14H2,1-2H3,(H,15,18)(H,16,17). The molecule has 1 amide bonds. The van der Waals surface area contributed by atoms with Crippen LogP contribution in [0.1, 0.15) is 54.9 Å². The fourth-order valence-corrected chi connectivity index (χ4v) is 2.57. The summed E-state index contributed by atoms with van der Waals surface area (Å²) in [4.78, 5) is 12.3. The first-order valence-corrected chi connectivity index (χ1v) is 6.74. The number of nitrogens with two attached hydrogens (primary N) is 1. The number of hydrogen-bond donors (Lipinski definition) is 3. The van der Waals surface area contributed by atoms with E-state index in [1.807, 2.05) is 13.8 Å².